The molecule has 0 saturated carbocycles. The Kier molecular flexibility index (Phi) is 9.06. The van der Waals surface area contributed by atoms with Crippen molar-refractivity contribution in [2.24, 2.45) is 0 Å². The number of benzene rings is 3. The van der Waals surface area contributed by atoms with Gasteiger partial charge in [-0.05, 0) is 89.4 Å². The zero-order valence-corrected chi connectivity index (χ0v) is 25.1. The summed E-state index contributed by atoms with van der Waals surface area (Å²) in [6.45, 7) is 4.33. The molecule has 7 heteroatoms. The molecular weight excluding hydrogens is 553 g/mol. The SMILES string of the molecule is CC#C[C@@H](CC(=O)OC)c1ccc(OCc2ccc3scc(-c4ccc(C5CCSC(O)(O)C5)cc4C)c3c2)cc1. The van der Waals surface area contributed by atoms with Gasteiger partial charge in [0.25, 0.3) is 0 Å². The molecule has 2 atom stereocenters. The van der Waals surface area contributed by atoms with Crippen LogP contribution < -0.4 is 4.74 Å². The van der Waals surface area contributed by atoms with Crippen LogP contribution in [0.3, 0.4) is 0 Å². The maximum absolute atomic E-state index is 11.8. The Morgan fingerprint density at radius 1 is 1.10 bits per heavy atom. The van der Waals surface area contributed by atoms with Gasteiger partial charge in [0.2, 0.25) is 5.12 Å². The molecule has 0 bridgehead atoms. The van der Waals surface area contributed by atoms with Gasteiger partial charge in [0.05, 0.1) is 19.4 Å². The van der Waals surface area contributed by atoms with Gasteiger partial charge in [-0.15, -0.1) is 17.3 Å². The molecule has 0 radical (unpaired) electrons. The van der Waals surface area contributed by atoms with E-state index in [-0.39, 0.29) is 24.2 Å². The van der Waals surface area contributed by atoms with E-state index in [1.807, 2.05) is 24.3 Å². The highest BCUT2D eigenvalue weighted by atomic mass is 32.2. The third kappa shape index (κ3) is 6.97. The molecule has 0 spiro atoms. The van der Waals surface area contributed by atoms with E-state index >= 15 is 0 Å². The number of rotatable bonds is 8. The molecule has 1 unspecified atom stereocenters. The number of hydrogen-bond donors (Lipinski definition) is 2. The average Bonchev–Trinajstić information content (AvgIpc) is 3.38. The molecule has 1 aliphatic rings. The van der Waals surface area contributed by atoms with Gasteiger partial charge >= 0.3 is 5.97 Å². The molecule has 2 N–H and O–H groups in total. The molecule has 0 aliphatic carbocycles. The van der Waals surface area contributed by atoms with Gasteiger partial charge in [-0.2, -0.15) is 0 Å². The van der Waals surface area contributed by atoms with Crippen LogP contribution in [0.4, 0.5) is 0 Å². The Morgan fingerprint density at radius 2 is 1.90 bits per heavy atom. The van der Waals surface area contributed by atoms with Gasteiger partial charge in [-0.25, -0.2) is 0 Å². The van der Waals surface area contributed by atoms with Crippen LogP contribution in [0.1, 0.15) is 60.3 Å². The number of ether oxygens (including phenoxy) is 2. The molecule has 41 heavy (non-hydrogen) atoms. The number of aryl methyl sites for hydroxylation is 1. The molecule has 2 heterocycles. The number of thiophene rings is 1. The second-order valence-corrected chi connectivity index (χ2v) is 12.7. The van der Waals surface area contributed by atoms with E-state index in [0.29, 0.717) is 13.0 Å². The molecule has 5 nitrogen and oxygen atoms in total. The lowest BCUT2D eigenvalue weighted by Gasteiger charge is -2.32. The molecule has 1 aliphatic heterocycles. The Bertz CT molecular complexity index is 1590. The zero-order chi connectivity index (χ0) is 29.0. The molecule has 0 amide bonds. The number of hydrogen-bond acceptors (Lipinski definition) is 7. The van der Waals surface area contributed by atoms with Crippen molar-refractivity contribution >= 4 is 39.2 Å². The van der Waals surface area contributed by atoms with Crippen LogP contribution in [0.15, 0.2) is 66.0 Å². The number of carbonyl (C=O) groups is 1. The second-order valence-electron chi connectivity index (χ2n) is 10.4. The minimum absolute atomic E-state index is 0.148. The zero-order valence-electron chi connectivity index (χ0n) is 23.5. The van der Waals surface area contributed by atoms with Crippen molar-refractivity contribution in [2.45, 2.75) is 56.7 Å². The van der Waals surface area contributed by atoms with Crippen molar-refractivity contribution in [2.75, 3.05) is 12.9 Å². The lowest BCUT2D eigenvalue weighted by Crippen LogP contribution is -2.31. The lowest BCUT2D eigenvalue weighted by molar-refractivity contribution is -0.140. The summed E-state index contributed by atoms with van der Waals surface area (Å²) in [7, 11) is 1.39. The van der Waals surface area contributed by atoms with E-state index in [2.05, 4.69) is 60.5 Å². The maximum atomic E-state index is 11.8. The number of methoxy groups -OCH3 is 1. The summed E-state index contributed by atoms with van der Waals surface area (Å²) in [4.78, 5) is 11.8. The largest absolute Gasteiger partial charge is 0.489 e. The Hall–Kier alpha value is -3.28. The van der Waals surface area contributed by atoms with Gasteiger partial charge in [-0.1, -0.05) is 54.1 Å². The highest BCUT2D eigenvalue weighted by Gasteiger charge is 2.33. The smallest absolute Gasteiger partial charge is 0.307 e. The molecule has 212 valence electrons. The van der Waals surface area contributed by atoms with Crippen LogP contribution in [0, 0.1) is 18.8 Å². The quantitative estimate of drug-likeness (QED) is 0.128. The summed E-state index contributed by atoms with van der Waals surface area (Å²) in [6.07, 6.45) is 1.51. The average molecular weight is 587 g/mol. The fourth-order valence-electron chi connectivity index (χ4n) is 5.39. The van der Waals surface area contributed by atoms with E-state index in [1.165, 1.54) is 45.6 Å². The van der Waals surface area contributed by atoms with Gasteiger partial charge < -0.3 is 19.7 Å². The maximum Gasteiger partial charge on any atom is 0.307 e. The monoisotopic (exact) mass is 586 g/mol. The summed E-state index contributed by atoms with van der Waals surface area (Å²) >= 11 is 2.95. The van der Waals surface area contributed by atoms with Gasteiger partial charge in [0.15, 0.2) is 0 Å². The number of carbonyl (C=O) groups excluding carboxylic acids is 1. The first-order valence-corrected chi connectivity index (χ1v) is 15.5. The summed E-state index contributed by atoms with van der Waals surface area (Å²) in [5.41, 5.74) is 6.77. The lowest BCUT2D eigenvalue weighted by atomic mass is 9.88. The molecule has 4 aromatic rings. The van der Waals surface area contributed by atoms with Crippen molar-refractivity contribution < 1.29 is 24.5 Å². The predicted molar refractivity (Wildman–Crippen MR) is 167 cm³/mol. The van der Waals surface area contributed by atoms with Crippen molar-refractivity contribution in [3.8, 4) is 28.7 Å². The molecule has 1 aromatic heterocycles. The highest BCUT2D eigenvalue weighted by molar-refractivity contribution is 8.00. The first-order valence-electron chi connectivity index (χ1n) is 13.7. The summed E-state index contributed by atoms with van der Waals surface area (Å²) in [5.74, 6) is 7.14. The molecule has 1 fully saturated rings. The minimum atomic E-state index is -1.64. The van der Waals surface area contributed by atoms with Crippen molar-refractivity contribution in [1.29, 1.82) is 0 Å². The first kappa shape index (κ1) is 29.2. The minimum Gasteiger partial charge on any atom is -0.489 e. The predicted octanol–water partition coefficient (Wildman–Crippen LogP) is 7.37. The molecule has 3 aromatic carbocycles. The molecular formula is C34H34O5S2. The van der Waals surface area contributed by atoms with Crippen molar-refractivity contribution in [1.82, 2.24) is 0 Å². The number of aliphatic hydroxyl groups is 2. The van der Waals surface area contributed by atoms with Crippen LogP contribution >= 0.6 is 23.1 Å². The Labute approximate surface area is 249 Å². The molecule has 5 rings (SSSR count). The van der Waals surface area contributed by atoms with Crippen molar-refractivity contribution in [3.63, 3.8) is 0 Å². The first-order chi connectivity index (χ1) is 19.8. The number of thioether (sulfide) groups is 1. The van der Waals surface area contributed by atoms with Crippen LogP contribution in [0.2, 0.25) is 0 Å². The van der Waals surface area contributed by atoms with Gasteiger partial charge in [0.1, 0.15) is 12.4 Å². The topological polar surface area (TPSA) is 76.0 Å². The van der Waals surface area contributed by atoms with Crippen LogP contribution in [-0.2, 0) is 16.1 Å². The summed E-state index contributed by atoms with van der Waals surface area (Å²) in [5, 5.41) is 22.0. The Balaban J connectivity index is 1.30. The van der Waals surface area contributed by atoms with Gasteiger partial charge in [-0.3, -0.25) is 4.79 Å². The summed E-state index contributed by atoms with van der Waals surface area (Å²) < 4.78 is 12.2. The van der Waals surface area contributed by atoms with E-state index < -0.39 is 5.12 Å². The Morgan fingerprint density at radius 3 is 2.61 bits per heavy atom. The number of fused-ring (bicyclic) bond motifs is 1. The second kappa shape index (κ2) is 12.7. The molecule has 1 saturated heterocycles. The summed E-state index contributed by atoms with van der Waals surface area (Å²) in [6, 6.07) is 20.7. The van der Waals surface area contributed by atoms with Gasteiger partial charge in [0, 0.05) is 22.1 Å². The normalized spacial score (nSPS) is 17.0. The van der Waals surface area contributed by atoms with Crippen LogP contribution in [-0.4, -0.2) is 34.2 Å². The van der Waals surface area contributed by atoms with E-state index in [4.69, 9.17) is 9.47 Å². The van der Waals surface area contributed by atoms with E-state index in [9.17, 15) is 15.0 Å². The van der Waals surface area contributed by atoms with E-state index in [0.717, 1.165) is 34.6 Å². The third-order valence-corrected chi connectivity index (χ3v) is 9.60. The fraction of sp³-hybridized carbons (Fsp3) is 0.324. The van der Waals surface area contributed by atoms with E-state index in [1.54, 1.807) is 18.3 Å². The van der Waals surface area contributed by atoms with Crippen LogP contribution in [0.25, 0.3) is 21.2 Å². The fourth-order valence-corrected chi connectivity index (χ4v) is 7.38. The highest BCUT2D eigenvalue weighted by Crippen LogP contribution is 2.42. The van der Waals surface area contributed by atoms with Crippen molar-refractivity contribution in [3.05, 3.63) is 88.3 Å². The third-order valence-electron chi connectivity index (χ3n) is 7.57. The van der Waals surface area contributed by atoms with Crippen LogP contribution in [0.5, 0.6) is 5.75 Å². The number of esters is 1. The standard InChI is InChI=1S/C34H34O5S2/c1-4-5-25(18-33(35)38-3)24-7-10-28(11-8-24)39-20-23-6-13-32-30(17-23)31(21-40-32)29-12-9-26(16-22(29)2)27-14-15-41-34(36,37)19-27/h6-13,16-17,21,25,27,36-37H,14-15,18-20H2,1-3H3/t25-,27?/m0/s1.